The smallest absolute Gasteiger partial charge is 0.0477 e. The molecule has 0 unspecified atom stereocenters. The van der Waals surface area contributed by atoms with Crippen LogP contribution in [0.5, 0.6) is 0 Å². The van der Waals surface area contributed by atoms with Gasteiger partial charge in [0.1, 0.15) is 0 Å². The van der Waals surface area contributed by atoms with Gasteiger partial charge in [0, 0.05) is 19.1 Å². The Kier molecular flexibility index (Phi) is 8.87. The van der Waals surface area contributed by atoms with Crippen LogP contribution in [-0.4, -0.2) is 13.2 Å². The predicted molar refractivity (Wildman–Crippen MR) is 92.0 cm³/mol. The van der Waals surface area contributed by atoms with Crippen LogP contribution in [0.3, 0.4) is 0 Å². The Morgan fingerprint density at radius 1 is 1.24 bits per heavy atom. The van der Waals surface area contributed by atoms with Crippen molar-refractivity contribution >= 4 is 0 Å². The molecular weight excluding hydrogens is 256 g/mol. The van der Waals surface area contributed by atoms with E-state index in [2.05, 4.69) is 63.8 Å². The van der Waals surface area contributed by atoms with Gasteiger partial charge in [-0.15, -0.1) is 0 Å². The molecule has 1 aliphatic heterocycles. The largest absolute Gasteiger partial charge is 0.381 e. The zero-order valence-corrected chi connectivity index (χ0v) is 14.1. The van der Waals surface area contributed by atoms with Crippen LogP contribution in [0.25, 0.3) is 0 Å². The number of allylic oxidation sites excluding steroid dienone is 6. The highest BCUT2D eigenvalue weighted by Crippen LogP contribution is 2.14. The molecule has 1 aliphatic rings. The summed E-state index contributed by atoms with van der Waals surface area (Å²) in [5, 5.41) is 0. The lowest BCUT2D eigenvalue weighted by Crippen LogP contribution is -2.13. The first kappa shape index (κ1) is 17.8. The minimum Gasteiger partial charge on any atom is -0.381 e. The van der Waals surface area contributed by atoms with Gasteiger partial charge < -0.3 is 4.74 Å². The summed E-state index contributed by atoms with van der Waals surface area (Å²) in [5.41, 5.74) is 2.51. The molecule has 1 heteroatoms. The maximum absolute atomic E-state index is 5.36. The first-order valence-electron chi connectivity index (χ1n) is 8.27. The molecule has 1 fully saturated rings. The van der Waals surface area contributed by atoms with E-state index in [0.29, 0.717) is 11.8 Å². The van der Waals surface area contributed by atoms with Crippen molar-refractivity contribution in [3.63, 3.8) is 0 Å². The van der Waals surface area contributed by atoms with Crippen molar-refractivity contribution in [2.75, 3.05) is 13.2 Å². The quantitative estimate of drug-likeness (QED) is 0.492. The molecule has 116 valence electrons. The molecule has 0 aromatic rings. The van der Waals surface area contributed by atoms with E-state index in [4.69, 9.17) is 4.74 Å². The van der Waals surface area contributed by atoms with E-state index in [-0.39, 0.29) is 0 Å². The zero-order chi connectivity index (χ0) is 15.5. The summed E-state index contributed by atoms with van der Waals surface area (Å²) >= 11 is 0. The molecule has 1 heterocycles. The second-order valence-electron chi connectivity index (χ2n) is 6.02. The summed E-state index contributed by atoms with van der Waals surface area (Å²) < 4.78 is 5.36. The highest BCUT2D eigenvalue weighted by molar-refractivity contribution is 5.34. The summed E-state index contributed by atoms with van der Waals surface area (Å²) in [4.78, 5) is 0. The molecule has 0 aromatic heterocycles. The van der Waals surface area contributed by atoms with Gasteiger partial charge in [0.25, 0.3) is 0 Å². The Morgan fingerprint density at radius 3 is 2.57 bits per heavy atom. The van der Waals surface area contributed by atoms with Crippen molar-refractivity contribution in [2.24, 2.45) is 11.8 Å². The van der Waals surface area contributed by atoms with Gasteiger partial charge in [0.2, 0.25) is 0 Å². The number of unbranched alkanes of at least 4 members (excludes halogenated alkanes) is 1. The standard InChI is InChI=1S/C20H30O/c1-5-6-7-8-20(17(2)3)12-10-18(4)9-11-19-13-15-21-16-14-19/h7-8,10,12,17,19H,5-6,13-16H2,1-4H3/b8-7+,18-10+,20-12-. The lowest BCUT2D eigenvalue weighted by atomic mass is 10.00. The van der Waals surface area contributed by atoms with Crippen LogP contribution in [-0.2, 0) is 4.74 Å². The number of ether oxygens (including phenoxy) is 1. The van der Waals surface area contributed by atoms with Crippen molar-refractivity contribution in [1.82, 2.24) is 0 Å². The summed E-state index contributed by atoms with van der Waals surface area (Å²) in [5.74, 6) is 7.74. The zero-order valence-electron chi connectivity index (χ0n) is 14.1. The van der Waals surface area contributed by atoms with Crippen LogP contribution < -0.4 is 0 Å². The molecule has 1 nitrogen and oxygen atoms in total. The van der Waals surface area contributed by atoms with Crippen molar-refractivity contribution in [2.45, 2.75) is 53.4 Å². The van der Waals surface area contributed by atoms with E-state index in [1.807, 2.05) is 0 Å². The van der Waals surface area contributed by atoms with Gasteiger partial charge in [-0.3, -0.25) is 0 Å². The van der Waals surface area contributed by atoms with Crippen molar-refractivity contribution in [3.8, 4) is 11.8 Å². The van der Waals surface area contributed by atoms with Gasteiger partial charge in [-0.05, 0) is 43.3 Å². The molecule has 0 spiro atoms. The highest BCUT2D eigenvalue weighted by Gasteiger charge is 2.09. The average molecular weight is 286 g/mol. The number of hydrogen-bond donors (Lipinski definition) is 0. The SMILES string of the molecule is CCC/C=C/C(=C/C=C(\C)C#CC1CCOCC1)C(C)C. The van der Waals surface area contributed by atoms with Crippen molar-refractivity contribution in [1.29, 1.82) is 0 Å². The molecule has 21 heavy (non-hydrogen) atoms. The summed E-state index contributed by atoms with van der Waals surface area (Å²) in [7, 11) is 0. The third-order valence-corrected chi connectivity index (χ3v) is 3.65. The van der Waals surface area contributed by atoms with Gasteiger partial charge in [-0.25, -0.2) is 0 Å². The number of rotatable bonds is 5. The lowest BCUT2D eigenvalue weighted by Gasteiger charge is -2.16. The Balaban J connectivity index is 2.65. The van der Waals surface area contributed by atoms with Crippen LogP contribution in [0.1, 0.15) is 53.4 Å². The maximum Gasteiger partial charge on any atom is 0.0477 e. The van der Waals surface area contributed by atoms with E-state index in [1.54, 1.807) is 0 Å². The molecule has 0 N–H and O–H groups in total. The van der Waals surface area contributed by atoms with Crippen LogP contribution in [0.2, 0.25) is 0 Å². The first-order valence-corrected chi connectivity index (χ1v) is 8.27. The normalized spacial score (nSPS) is 18.1. The fraction of sp³-hybridized carbons (Fsp3) is 0.600. The monoisotopic (exact) mass is 286 g/mol. The van der Waals surface area contributed by atoms with Crippen LogP contribution in [0.4, 0.5) is 0 Å². The Morgan fingerprint density at radius 2 is 1.95 bits per heavy atom. The second-order valence-corrected chi connectivity index (χ2v) is 6.02. The van der Waals surface area contributed by atoms with E-state index in [1.165, 1.54) is 12.0 Å². The Labute approximate surface area is 131 Å². The average Bonchev–Trinajstić information content (AvgIpc) is 2.49. The molecule has 1 saturated heterocycles. The van der Waals surface area contributed by atoms with Crippen molar-refractivity contribution in [3.05, 3.63) is 35.5 Å². The van der Waals surface area contributed by atoms with Gasteiger partial charge in [-0.1, -0.05) is 63.3 Å². The first-order chi connectivity index (χ1) is 10.1. The Bertz CT molecular complexity index is 434. The van der Waals surface area contributed by atoms with Crippen LogP contribution >= 0.6 is 0 Å². The number of hydrogen-bond acceptors (Lipinski definition) is 1. The van der Waals surface area contributed by atoms with E-state index >= 15 is 0 Å². The van der Waals surface area contributed by atoms with Gasteiger partial charge >= 0.3 is 0 Å². The third-order valence-electron chi connectivity index (χ3n) is 3.65. The van der Waals surface area contributed by atoms with Gasteiger partial charge in [-0.2, -0.15) is 0 Å². The minimum absolute atomic E-state index is 0.514. The molecule has 0 atom stereocenters. The van der Waals surface area contributed by atoms with Gasteiger partial charge in [0.05, 0.1) is 0 Å². The third kappa shape index (κ3) is 7.93. The molecule has 0 bridgehead atoms. The topological polar surface area (TPSA) is 9.23 Å². The van der Waals surface area contributed by atoms with Crippen LogP contribution in [0.15, 0.2) is 35.5 Å². The predicted octanol–water partition coefficient (Wildman–Crippen LogP) is 5.30. The summed E-state index contributed by atoms with van der Waals surface area (Å²) in [6, 6.07) is 0. The second kappa shape index (κ2) is 10.5. The fourth-order valence-corrected chi connectivity index (χ4v) is 2.15. The Hall–Kier alpha value is -1.26. The van der Waals surface area contributed by atoms with E-state index in [0.717, 1.165) is 38.0 Å². The maximum atomic E-state index is 5.36. The summed E-state index contributed by atoms with van der Waals surface area (Å²) in [6.07, 6.45) is 13.4. The minimum atomic E-state index is 0.514. The molecule has 0 radical (unpaired) electrons. The fourth-order valence-electron chi connectivity index (χ4n) is 2.15. The molecule has 0 aliphatic carbocycles. The molecule has 0 amide bonds. The molecule has 1 rings (SSSR count). The highest BCUT2D eigenvalue weighted by atomic mass is 16.5. The van der Waals surface area contributed by atoms with E-state index in [9.17, 15) is 0 Å². The molecule has 0 saturated carbocycles. The molecule has 0 aromatic carbocycles. The van der Waals surface area contributed by atoms with Crippen molar-refractivity contribution < 1.29 is 4.74 Å². The van der Waals surface area contributed by atoms with E-state index < -0.39 is 0 Å². The summed E-state index contributed by atoms with van der Waals surface area (Å²) in [6.45, 7) is 10.5. The lowest BCUT2D eigenvalue weighted by molar-refractivity contribution is 0.0807. The molecular formula is C20H30O. The van der Waals surface area contributed by atoms with Crippen LogP contribution in [0, 0.1) is 23.7 Å². The van der Waals surface area contributed by atoms with Gasteiger partial charge in [0.15, 0.2) is 0 Å².